The molecule has 0 N–H and O–H groups in total. The Kier molecular flexibility index (Phi) is 2.84. The lowest BCUT2D eigenvalue weighted by molar-refractivity contribution is -0.116. The van der Waals surface area contributed by atoms with Crippen LogP contribution < -0.4 is 4.90 Å². The van der Waals surface area contributed by atoms with Crippen molar-refractivity contribution in [2.75, 3.05) is 18.4 Å². The van der Waals surface area contributed by atoms with E-state index < -0.39 is 12.9 Å². The molecule has 0 radical (unpaired) electrons. The molecule has 2 aromatic rings. The van der Waals surface area contributed by atoms with Crippen LogP contribution in [0.4, 0.5) is 5.69 Å². The number of rotatable bonds is 1. The third-order valence-electron chi connectivity index (χ3n) is 3.19. The first kappa shape index (κ1) is 10.8. The van der Waals surface area contributed by atoms with Crippen LogP contribution in [-0.4, -0.2) is 25.1 Å². The van der Waals surface area contributed by atoms with E-state index >= 15 is 0 Å². The second-order valence-corrected chi connectivity index (χ2v) is 5.44. The van der Waals surface area contributed by atoms with E-state index in [1.54, 1.807) is 36.4 Å². The molecular weight excluding hydrogens is 308 g/mol. The van der Waals surface area contributed by atoms with Gasteiger partial charge in [-0.25, -0.2) is 0 Å². The average Bonchev–Trinajstić information content (AvgIpc) is 2.64. The van der Waals surface area contributed by atoms with Gasteiger partial charge in [0.25, 0.3) is 0 Å². The normalized spacial score (nSPS) is 17.2. The molecule has 0 atom stereocenters. The molecule has 3 nitrogen and oxygen atoms in total. The van der Waals surface area contributed by atoms with E-state index in [9.17, 15) is 4.79 Å². The molecule has 1 aliphatic rings. The van der Waals surface area contributed by atoms with Crippen molar-refractivity contribution in [1.82, 2.24) is 0 Å². The molecule has 0 fully saturated rings. The van der Waals surface area contributed by atoms with Crippen LogP contribution in [-0.2, 0) is 4.79 Å². The van der Waals surface area contributed by atoms with Crippen LogP contribution in [0.25, 0.3) is 0 Å². The fourth-order valence-electron chi connectivity index (χ4n) is 2.18. The minimum Gasteiger partial charge on any atom is -0.313 e. The Morgan fingerprint density at radius 2 is 1.86 bits per heavy atom. The Labute approximate surface area is 137 Å². The zero-order valence-corrected chi connectivity index (χ0v) is 12.3. The van der Waals surface area contributed by atoms with Gasteiger partial charge in [-0.2, -0.15) is 0 Å². The van der Waals surface area contributed by atoms with E-state index in [0.717, 1.165) is 10.5 Å². The predicted molar refractivity (Wildman–Crippen MR) is 86.8 cm³/mol. The predicted octanol–water partition coefficient (Wildman–Crippen LogP) is 3.81. The first-order valence-electron chi connectivity index (χ1n) is 7.71. The van der Waals surface area contributed by atoms with Crippen molar-refractivity contribution in [2.45, 2.75) is 0 Å². The van der Waals surface area contributed by atoms with Crippen molar-refractivity contribution in [1.29, 1.82) is 0 Å². The topological polar surface area (TPSA) is 32.7 Å². The standard InChI is InChI=1S/C16H12Cl2N2O/c1-20-14-7-6-12(18)8-13(14)16(19-9-15(20)21)10-2-4-11(17)5-3-10/h2-8H,9H2,1H3/i1+1D3. The van der Waals surface area contributed by atoms with Gasteiger partial charge in [-0.15, -0.1) is 0 Å². The Morgan fingerprint density at radius 1 is 1.14 bits per heavy atom. The molecule has 0 saturated heterocycles. The fourth-order valence-corrected chi connectivity index (χ4v) is 2.48. The maximum atomic E-state index is 12.3. The third kappa shape index (κ3) is 2.67. The Hall–Kier alpha value is -1.84. The van der Waals surface area contributed by atoms with Gasteiger partial charge in [-0.05, 0) is 30.3 Å². The second-order valence-electron chi connectivity index (χ2n) is 4.56. The van der Waals surface area contributed by atoms with E-state index in [2.05, 4.69) is 4.99 Å². The Balaban J connectivity index is 2.23. The number of hydrogen-bond donors (Lipinski definition) is 0. The molecule has 21 heavy (non-hydrogen) atoms. The number of halogens is 2. The van der Waals surface area contributed by atoms with Gasteiger partial charge < -0.3 is 4.90 Å². The molecule has 0 aliphatic carbocycles. The molecule has 5 heteroatoms. The Morgan fingerprint density at radius 3 is 2.57 bits per heavy atom. The molecule has 0 saturated carbocycles. The summed E-state index contributed by atoms with van der Waals surface area (Å²) in [6.07, 6.45) is 0. The van der Waals surface area contributed by atoms with E-state index in [1.807, 2.05) is 0 Å². The minimum absolute atomic E-state index is 0.260. The van der Waals surface area contributed by atoms with E-state index in [0.29, 0.717) is 21.3 Å². The summed E-state index contributed by atoms with van der Waals surface area (Å²) in [5.41, 5.74) is 1.98. The molecule has 0 unspecified atom stereocenters. The van der Waals surface area contributed by atoms with Crippen molar-refractivity contribution in [3.05, 3.63) is 63.6 Å². The molecule has 0 spiro atoms. The molecule has 0 aromatic heterocycles. The summed E-state index contributed by atoms with van der Waals surface area (Å²) in [5, 5.41) is 0.995. The highest BCUT2D eigenvalue weighted by Crippen LogP contribution is 2.29. The largest absolute Gasteiger partial charge is 0.313 e. The zero-order chi connectivity index (χ0) is 17.5. The van der Waals surface area contributed by atoms with Crippen LogP contribution in [0, 0.1) is 0 Å². The summed E-state index contributed by atoms with van der Waals surface area (Å²) in [6.45, 7) is -2.87. The monoisotopic (exact) mass is 322 g/mol. The zero-order valence-electron chi connectivity index (χ0n) is 13.8. The molecule has 1 amide bonds. The number of amides is 1. The second kappa shape index (κ2) is 5.51. The highest BCUT2D eigenvalue weighted by Gasteiger charge is 2.22. The molecule has 1 heterocycles. The van der Waals surface area contributed by atoms with Gasteiger partial charge in [0.05, 0.1) is 11.4 Å². The lowest BCUT2D eigenvalue weighted by atomic mass is 10.0. The van der Waals surface area contributed by atoms with Gasteiger partial charge in [-0.3, -0.25) is 9.79 Å². The van der Waals surface area contributed by atoms with Gasteiger partial charge in [-0.1, -0.05) is 35.3 Å². The van der Waals surface area contributed by atoms with Crippen LogP contribution in [0.5, 0.6) is 0 Å². The maximum Gasteiger partial charge on any atom is 0.248 e. The third-order valence-corrected chi connectivity index (χ3v) is 3.68. The van der Waals surface area contributed by atoms with Crippen LogP contribution in [0.3, 0.4) is 0 Å². The van der Waals surface area contributed by atoms with E-state index in [-0.39, 0.29) is 12.2 Å². The molecule has 0 bridgehead atoms. The Bertz CT molecular complexity index is 832. The van der Waals surface area contributed by atoms with Gasteiger partial charge >= 0.3 is 0 Å². The summed E-state index contributed by atoms with van der Waals surface area (Å²) in [4.78, 5) is 17.5. The molecule has 106 valence electrons. The summed E-state index contributed by atoms with van der Waals surface area (Å²) < 4.78 is 23.0. The average molecular weight is 323 g/mol. The first-order chi connectivity index (χ1) is 11.3. The number of likely N-dealkylation sites (N-methyl/N-ethyl adjacent to an activating group) is 1. The van der Waals surface area contributed by atoms with Crippen LogP contribution in [0.2, 0.25) is 10.0 Å². The number of nitrogens with zero attached hydrogens (tertiary/aromatic N) is 2. The summed E-state index contributed by atoms with van der Waals surface area (Å²) >= 11 is 12.0. The van der Waals surface area contributed by atoms with Crippen molar-refractivity contribution in [3.8, 4) is 0 Å². The number of hydrogen-bond acceptors (Lipinski definition) is 2. The number of aliphatic imine (C=N–C) groups is 1. The number of benzodiazepines with no additional fused rings is 1. The van der Waals surface area contributed by atoms with Crippen LogP contribution >= 0.6 is 23.2 Å². The number of anilines is 1. The fraction of sp³-hybridized carbons (Fsp3) is 0.125. The number of benzene rings is 2. The molecule has 1 aliphatic heterocycles. The highest BCUT2D eigenvalue weighted by molar-refractivity contribution is 6.32. The summed E-state index contributed by atoms with van der Waals surface area (Å²) in [6, 6.07) is 11.6. The smallest absolute Gasteiger partial charge is 0.248 e. The van der Waals surface area contributed by atoms with Crippen molar-refractivity contribution in [2.24, 2.45) is 4.99 Å². The number of fused-ring (bicyclic) bond motifs is 1. The van der Waals surface area contributed by atoms with Gasteiger partial charge in [0.1, 0.15) is 6.54 Å². The number of carbonyl (C=O) groups is 1. The van der Waals surface area contributed by atoms with Crippen molar-refractivity contribution >= 4 is 40.5 Å². The first-order valence-corrected chi connectivity index (χ1v) is 6.96. The lowest BCUT2D eigenvalue weighted by Gasteiger charge is -2.18. The lowest BCUT2D eigenvalue weighted by Crippen LogP contribution is -2.27. The molecular formula is C16H12Cl2N2O. The van der Waals surface area contributed by atoms with Crippen LogP contribution in [0.15, 0.2) is 47.5 Å². The summed E-state index contributed by atoms with van der Waals surface area (Å²) in [5.74, 6) is -0.595. The van der Waals surface area contributed by atoms with Gasteiger partial charge in [0.15, 0.2) is 0 Å². The molecule has 3 rings (SSSR count). The van der Waals surface area contributed by atoms with E-state index in [4.69, 9.17) is 27.3 Å². The minimum atomic E-state index is -2.61. The molecule has 2 aromatic carbocycles. The van der Waals surface area contributed by atoms with Crippen LogP contribution in [0.1, 0.15) is 15.2 Å². The maximum absolute atomic E-state index is 12.3. The highest BCUT2D eigenvalue weighted by atomic mass is 35.5. The van der Waals surface area contributed by atoms with Crippen molar-refractivity contribution < 1.29 is 8.91 Å². The SMILES string of the molecule is [2H][13C]([2H])([2H])N1C(=O)CN=C(c2ccc(Cl)cc2)c2cc(Cl)ccc21. The van der Waals surface area contributed by atoms with E-state index in [1.165, 1.54) is 6.07 Å². The van der Waals surface area contributed by atoms with Gasteiger partial charge in [0, 0.05) is 32.3 Å². The summed E-state index contributed by atoms with van der Waals surface area (Å²) in [7, 11) is 0. The van der Waals surface area contributed by atoms with Crippen molar-refractivity contribution in [3.63, 3.8) is 0 Å². The number of carbonyl (C=O) groups excluding carboxylic acids is 1. The quantitative estimate of drug-likeness (QED) is 0.735. The van der Waals surface area contributed by atoms with Gasteiger partial charge in [0.2, 0.25) is 5.91 Å².